The molecule has 0 saturated carbocycles. The summed E-state index contributed by atoms with van der Waals surface area (Å²) in [5, 5.41) is 14.1. The van der Waals surface area contributed by atoms with E-state index in [9.17, 15) is 19.3 Å². The van der Waals surface area contributed by atoms with Crippen molar-refractivity contribution in [1.82, 2.24) is 4.98 Å². The molecule has 2 aromatic carbocycles. The summed E-state index contributed by atoms with van der Waals surface area (Å²) in [6, 6.07) is 10.7. The van der Waals surface area contributed by atoms with Crippen LogP contribution in [0.4, 0.5) is 25.7 Å². The molecule has 8 nitrogen and oxygen atoms in total. The SMILES string of the molecule is CN(C(=O)Nc1ncc(Oc2ccc(F)cc2)s1)c1cccc([N+](=O)[O-])c1. The number of aromatic nitrogens is 1. The number of non-ortho nitro benzene ring substituents is 1. The predicted octanol–water partition coefficient (Wildman–Crippen LogP) is 4.65. The van der Waals surface area contributed by atoms with E-state index in [1.54, 1.807) is 6.07 Å². The predicted molar refractivity (Wildman–Crippen MR) is 99.1 cm³/mol. The first-order valence-corrected chi connectivity index (χ1v) is 8.42. The normalized spacial score (nSPS) is 10.3. The third kappa shape index (κ3) is 4.55. The number of halogens is 1. The molecule has 138 valence electrons. The molecule has 10 heteroatoms. The van der Waals surface area contributed by atoms with E-state index < -0.39 is 11.0 Å². The number of ether oxygens (including phenoxy) is 1. The van der Waals surface area contributed by atoms with Gasteiger partial charge in [-0.25, -0.2) is 14.2 Å². The Balaban J connectivity index is 1.65. The van der Waals surface area contributed by atoms with E-state index in [-0.39, 0.29) is 16.6 Å². The fourth-order valence-corrected chi connectivity index (χ4v) is 2.77. The van der Waals surface area contributed by atoms with Crippen LogP contribution in [0.3, 0.4) is 0 Å². The van der Waals surface area contributed by atoms with E-state index in [0.29, 0.717) is 16.5 Å². The van der Waals surface area contributed by atoms with E-state index in [0.717, 1.165) is 11.3 Å². The molecule has 0 aliphatic heterocycles. The zero-order chi connectivity index (χ0) is 19.4. The van der Waals surface area contributed by atoms with Crippen LogP contribution in [0.1, 0.15) is 0 Å². The number of rotatable bonds is 5. The van der Waals surface area contributed by atoms with Gasteiger partial charge in [0, 0.05) is 19.2 Å². The Morgan fingerprint density at radius 2 is 2.04 bits per heavy atom. The Kier molecular flexibility index (Phi) is 5.27. The lowest BCUT2D eigenvalue weighted by atomic mass is 10.2. The van der Waals surface area contributed by atoms with Crippen molar-refractivity contribution < 1.29 is 18.8 Å². The van der Waals surface area contributed by atoms with Gasteiger partial charge in [-0.3, -0.25) is 20.3 Å². The Morgan fingerprint density at radius 1 is 1.30 bits per heavy atom. The quantitative estimate of drug-likeness (QED) is 0.507. The first-order valence-electron chi connectivity index (χ1n) is 7.61. The minimum atomic E-state index is -0.533. The number of anilines is 2. The first kappa shape index (κ1) is 18.3. The maximum atomic E-state index is 12.9. The monoisotopic (exact) mass is 388 g/mol. The standard InChI is InChI=1S/C17H13FN4O4S/c1-21(12-3-2-4-13(9-12)22(24)25)17(23)20-16-19-10-15(27-16)26-14-7-5-11(18)6-8-14/h2-10H,1H3,(H,19,20,23). The topological polar surface area (TPSA) is 97.6 Å². The molecule has 0 aliphatic carbocycles. The molecule has 0 aliphatic rings. The van der Waals surface area contributed by atoms with E-state index in [4.69, 9.17) is 4.74 Å². The van der Waals surface area contributed by atoms with E-state index in [1.807, 2.05) is 0 Å². The number of hydrogen-bond donors (Lipinski definition) is 1. The Hall–Kier alpha value is -3.53. The van der Waals surface area contributed by atoms with Crippen LogP contribution < -0.4 is 15.0 Å². The fraction of sp³-hybridized carbons (Fsp3) is 0.0588. The summed E-state index contributed by atoms with van der Waals surface area (Å²) < 4.78 is 18.4. The Bertz CT molecular complexity index is 977. The maximum Gasteiger partial charge on any atom is 0.327 e. The minimum Gasteiger partial charge on any atom is -0.445 e. The molecule has 0 fully saturated rings. The number of nitrogens with one attached hydrogen (secondary N) is 1. The van der Waals surface area contributed by atoms with Gasteiger partial charge in [0.25, 0.3) is 5.69 Å². The van der Waals surface area contributed by atoms with Gasteiger partial charge in [0.05, 0.1) is 16.8 Å². The fourth-order valence-electron chi connectivity index (χ4n) is 2.09. The second-order valence-corrected chi connectivity index (χ2v) is 6.30. The number of urea groups is 1. The van der Waals surface area contributed by atoms with Crippen LogP contribution in [0.25, 0.3) is 0 Å². The lowest BCUT2D eigenvalue weighted by molar-refractivity contribution is -0.384. The second kappa shape index (κ2) is 7.79. The molecule has 0 radical (unpaired) electrons. The Labute approximate surface area is 157 Å². The number of carbonyl (C=O) groups is 1. The lowest BCUT2D eigenvalue weighted by Gasteiger charge is -2.16. The van der Waals surface area contributed by atoms with Crippen molar-refractivity contribution in [3.63, 3.8) is 0 Å². The molecular weight excluding hydrogens is 375 g/mol. The molecule has 0 unspecified atom stereocenters. The summed E-state index contributed by atoms with van der Waals surface area (Å²) in [4.78, 5) is 27.9. The highest BCUT2D eigenvalue weighted by atomic mass is 32.1. The van der Waals surface area contributed by atoms with E-state index >= 15 is 0 Å². The molecule has 1 N–H and O–H groups in total. The third-order valence-corrected chi connectivity index (χ3v) is 4.25. The molecule has 3 rings (SSSR count). The van der Waals surface area contributed by atoms with Gasteiger partial charge in [0.15, 0.2) is 5.13 Å². The summed E-state index contributed by atoms with van der Waals surface area (Å²) in [7, 11) is 1.48. The number of thiazole rings is 1. The summed E-state index contributed by atoms with van der Waals surface area (Å²) in [5.74, 6) is 0.0652. The number of amides is 2. The van der Waals surface area contributed by atoms with Crippen molar-refractivity contribution in [1.29, 1.82) is 0 Å². The summed E-state index contributed by atoms with van der Waals surface area (Å²) in [6.45, 7) is 0. The summed E-state index contributed by atoms with van der Waals surface area (Å²) >= 11 is 1.09. The van der Waals surface area contributed by atoms with Gasteiger partial charge < -0.3 is 4.74 Å². The van der Waals surface area contributed by atoms with Crippen LogP contribution in [0, 0.1) is 15.9 Å². The largest absolute Gasteiger partial charge is 0.445 e. The zero-order valence-corrected chi connectivity index (χ0v) is 14.8. The van der Waals surface area contributed by atoms with Gasteiger partial charge in [-0.15, -0.1) is 0 Å². The number of nitrogens with zero attached hydrogens (tertiary/aromatic N) is 3. The van der Waals surface area contributed by atoms with E-state index in [2.05, 4.69) is 10.3 Å². The van der Waals surface area contributed by atoms with Crippen molar-refractivity contribution in [2.45, 2.75) is 0 Å². The number of benzene rings is 2. The molecule has 0 bridgehead atoms. The maximum absolute atomic E-state index is 12.9. The Morgan fingerprint density at radius 3 is 2.74 bits per heavy atom. The molecule has 27 heavy (non-hydrogen) atoms. The average Bonchev–Trinajstić information content (AvgIpc) is 3.09. The molecule has 1 aromatic heterocycles. The van der Waals surface area contributed by atoms with Crippen LogP contribution in [-0.2, 0) is 0 Å². The number of nitro groups is 1. The van der Waals surface area contributed by atoms with Crippen LogP contribution in [-0.4, -0.2) is 23.0 Å². The molecule has 1 heterocycles. The van der Waals surface area contributed by atoms with Crippen LogP contribution >= 0.6 is 11.3 Å². The van der Waals surface area contributed by atoms with Crippen LogP contribution in [0.15, 0.2) is 54.7 Å². The third-order valence-electron chi connectivity index (χ3n) is 3.46. The average molecular weight is 388 g/mol. The molecular formula is C17H13FN4O4S. The minimum absolute atomic E-state index is 0.114. The summed E-state index contributed by atoms with van der Waals surface area (Å²) in [6.07, 6.45) is 1.43. The van der Waals surface area contributed by atoms with Gasteiger partial charge in [0.1, 0.15) is 11.6 Å². The summed E-state index contributed by atoms with van der Waals surface area (Å²) in [5.41, 5.74) is 0.248. The number of hydrogen-bond acceptors (Lipinski definition) is 6. The highest BCUT2D eigenvalue weighted by molar-refractivity contribution is 7.17. The van der Waals surface area contributed by atoms with Crippen LogP contribution in [0.5, 0.6) is 10.8 Å². The van der Waals surface area contributed by atoms with Crippen LogP contribution in [0.2, 0.25) is 0 Å². The molecule has 2 amide bonds. The van der Waals surface area contributed by atoms with E-state index in [1.165, 1.54) is 60.6 Å². The molecule has 0 atom stereocenters. The first-order chi connectivity index (χ1) is 12.9. The highest BCUT2D eigenvalue weighted by Gasteiger charge is 2.16. The lowest BCUT2D eigenvalue weighted by Crippen LogP contribution is -2.31. The van der Waals surface area contributed by atoms with Gasteiger partial charge in [-0.05, 0) is 30.3 Å². The smallest absolute Gasteiger partial charge is 0.327 e. The second-order valence-electron chi connectivity index (χ2n) is 5.31. The number of nitro benzene ring substituents is 1. The molecule has 3 aromatic rings. The molecule has 0 spiro atoms. The van der Waals surface area contributed by atoms with Gasteiger partial charge in [-0.2, -0.15) is 0 Å². The van der Waals surface area contributed by atoms with Gasteiger partial charge >= 0.3 is 6.03 Å². The van der Waals surface area contributed by atoms with Crippen molar-refractivity contribution in [3.05, 3.63) is 70.7 Å². The molecule has 0 saturated heterocycles. The van der Waals surface area contributed by atoms with Crippen molar-refractivity contribution in [2.24, 2.45) is 0 Å². The van der Waals surface area contributed by atoms with Crippen molar-refractivity contribution >= 4 is 33.9 Å². The van der Waals surface area contributed by atoms with Crippen molar-refractivity contribution in [2.75, 3.05) is 17.3 Å². The van der Waals surface area contributed by atoms with Crippen molar-refractivity contribution in [3.8, 4) is 10.8 Å². The van der Waals surface area contributed by atoms with Gasteiger partial charge in [-0.1, -0.05) is 17.4 Å². The zero-order valence-electron chi connectivity index (χ0n) is 14.0. The van der Waals surface area contributed by atoms with Gasteiger partial charge in [0.2, 0.25) is 5.06 Å². The number of carbonyl (C=O) groups excluding carboxylic acids is 1. The highest BCUT2D eigenvalue weighted by Crippen LogP contribution is 2.30.